The fourth-order valence-electron chi connectivity index (χ4n) is 6.07. The molecule has 1 aromatic rings. The standard InChI is InChI=1S/C27H44O2/c1-18(2)28-25(27-15-19(3)13-22(17-27)14-20(4)16-27)29-24-11-9-23(10-12-24)21(5)26(6,7)8/h9-12,18-22,25H,13-17H2,1-8H3. The van der Waals surface area contributed by atoms with Crippen molar-refractivity contribution in [3.63, 3.8) is 0 Å². The first kappa shape index (κ1) is 22.7. The highest BCUT2D eigenvalue weighted by molar-refractivity contribution is 5.30. The maximum absolute atomic E-state index is 6.64. The predicted molar refractivity (Wildman–Crippen MR) is 122 cm³/mol. The largest absolute Gasteiger partial charge is 0.464 e. The Morgan fingerprint density at radius 1 is 0.897 bits per heavy atom. The second-order valence-electron chi connectivity index (χ2n) is 11.8. The van der Waals surface area contributed by atoms with Crippen molar-refractivity contribution < 1.29 is 9.47 Å². The van der Waals surface area contributed by atoms with Gasteiger partial charge in [0.25, 0.3) is 0 Å². The lowest BCUT2D eigenvalue weighted by Gasteiger charge is -2.52. The zero-order valence-corrected chi connectivity index (χ0v) is 20.1. The quantitative estimate of drug-likeness (QED) is 0.453. The number of fused-ring (bicyclic) bond motifs is 2. The van der Waals surface area contributed by atoms with Crippen molar-refractivity contribution in [2.45, 2.75) is 106 Å². The second-order valence-corrected chi connectivity index (χ2v) is 11.8. The van der Waals surface area contributed by atoms with Gasteiger partial charge in [0.05, 0.1) is 6.10 Å². The van der Waals surface area contributed by atoms with Crippen molar-refractivity contribution in [3.05, 3.63) is 29.8 Å². The fourth-order valence-corrected chi connectivity index (χ4v) is 6.07. The van der Waals surface area contributed by atoms with Gasteiger partial charge in [0.1, 0.15) is 5.75 Å². The number of hydrogen-bond acceptors (Lipinski definition) is 2. The third kappa shape index (κ3) is 5.37. The maximum Gasteiger partial charge on any atom is 0.205 e. The smallest absolute Gasteiger partial charge is 0.205 e. The summed E-state index contributed by atoms with van der Waals surface area (Å²) in [5, 5.41) is 0. The molecule has 2 fully saturated rings. The monoisotopic (exact) mass is 400 g/mol. The molecule has 2 bridgehead atoms. The number of rotatable bonds is 6. The van der Waals surface area contributed by atoms with Crippen LogP contribution in [0.2, 0.25) is 0 Å². The van der Waals surface area contributed by atoms with Crippen molar-refractivity contribution in [1.29, 1.82) is 0 Å². The minimum absolute atomic E-state index is 0.151. The molecule has 2 nitrogen and oxygen atoms in total. The molecular formula is C27H44O2. The van der Waals surface area contributed by atoms with Gasteiger partial charge in [-0.1, -0.05) is 53.7 Å². The summed E-state index contributed by atoms with van der Waals surface area (Å²) in [5.41, 5.74) is 1.79. The topological polar surface area (TPSA) is 18.5 Å². The number of benzene rings is 1. The Kier molecular flexibility index (Phi) is 6.73. The molecule has 0 aromatic heterocycles. The molecule has 2 heteroatoms. The minimum atomic E-state index is -0.151. The summed E-state index contributed by atoms with van der Waals surface area (Å²) in [4.78, 5) is 0. The van der Waals surface area contributed by atoms with E-state index in [1.165, 1.54) is 37.7 Å². The Labute approximate surface area is 179 Å². The average Bonchev–Trinajstić information content (AvgIpc) is 2.58. The van der Waals surface area contributed by atoms with Crippen molar-refractivity contribution in [1.82, 2.24) is 0 Å². The van der Waals surface area contributed by atoms with Crippen molar-refractivity contribution in [2.75, 3.05) is 0 Å². The van der Waals surface area contributed by atoms with Crippen LogP contribution in [0.3, 0.4) is 0 Å². The molecule has 4 unspecified atom stereocenters. The Morgan fingerprint density at radius 2 is 1.45 bits per heavy atom. The van der Waals surface area contributed by atoms with Gasteiger partial charge in [0.15, 0.2) is 0 Å². The van der Waals surface area contributed by atoms with Crippen LogP contribution in [-0.4, -0.2) is 12.4 Å². The van der Waals surface area contributed by atoms with Gasteiger partial charge < -0.3 is 9.47 Å². The molecule has 0 saturated heterocycles. The molecule has 4 atom stereocenters. The van der Waals surface area contributed by atoms with Gasteiger partial charge in [-0.2, -0.15) is 0 Å². The summed E-state index contributed by atoms with van der Waals surface area (Å²) in [7, 11) is 0. The average molecular weight is 401 g/mol. The van der Waals surface area contributed by atoms with Crippen LogP contribution >= 0.6 is 0 Å². The molecule has 2 saturated carbocycles. The molecule has 0 aliphatic heterocycles. The molecule has 0 N–H and O–H groups in total. The van der Waals surface area contributed by atoms with E-state index in [-0.39, 0.29) is 23.2 Å². The molecule has 0 amide bonds. The predicted octanol–water partition coefficient (Wildman–Crippen LogP) is 7.82. The van der Waals surface area contributed by atoms with Gasteiger partial charge in [-0.15, -0.1) is 0 Å². The molecule has 2 aliphatic carbocycles. The molecular weight excluding hydrogens is 356 g/mol. The van der Waals surface area contributed by atoms with E-state index in [0.29, 0.717) is 5.92 Å². The van der Waals surface area contributed by atoms with E-state index in [9.17, 15) is 0 Å². The summed E-state index contributed by atoms with van der Waals surface area (Å²) in [6.45, 7) is 18.3. The molecule has 2 aliphatic rings. The Bertz CT molecular complexity index is 635. The molecule has 3 rings (SSSR count). The van der Waals surface area contributed by atoms with Gasteiger partial charge in [0.2, 0.25) is 6.29 Å². The Morgan fingerprint density at radius 3 is 1.93 bits per heavy atom. The summed E-state index contributed by atoms with van der Waals surface area (Å²) in [6, 6.07) is 8.79. The van der Waals surface area contributed by atoms with Crippen LogP contribution in [0.25, 0.3) is 0 Å². The lowest BCUT2D eigenvalue weighted by Crippen LogP contribution is -2.50. The van der Waals surface area contributed by atoms with Crippen LogP contribution in [0.5, 0.6) is 5.75 Å². The van der Waals surface area contributed by atoms with Gasteiger partial charge in [-0.25, -0.2) is 0 Å². The van der Waals surface area contributed by atoms with Crippen LogP contribution in [0.4, 0.5) is 0 Å². The SMILES string of the molecule is CC1CC2CC(C)CC(C(Oc3ccc(C(C)C(C)(C)C)cc3)OC(C)C)(C1)C2. The third-order valence-electron chi connectivity index (χ3n) is 7.49. The van der Waals surface area contributed by atoms with Crippen molar-refractivity contribution in [3.8, 4) is 5.75 Å². The number of ether oxygens (including phenoxy) is 2. The van der Waals surface area contributed by atoms with Crippen LogP contribution in [0, 0.1) is 28.6 Å². The highest BCUT2D eigenvalue weighted by Crippen LogP contribution is 2.55. The van der Waals surface area contributed by atoms with Gasteiger partial charge in [0, 0.05) is 5.41 Å². The first-order chi connectivity index (χ1) is 13.5. The van der Waals surface area contributed by atoms with Gasteiger partial charge in [-0.05, 0) is 92.7 Å². The van der Waals surface area contributed by atoms with E-state index in [1.54, 1.807) is 0 Å². The summed E-state index contributed by atoms with van der Waals surface area (Å²) < 4.78 is 13.1. The molecule has 164 valence electrons. The zero-order chi connectivity index (χ0) is 21.4. The Hall–Kier alpha value is -1.02. The molecule has 0 heterocycles. The molecule has 29 heavy (non-hydrogen) atoms. The minimum Gasteiger partial charge on any atom is -0.464 e. The Balaban J connectivity index is 1.82. The molecule has 0 spiro atoms. The lowest BCUT2D eigenvalue weighted by molar-refractivity contribution is -0.212. The van der Waals surface area contributed by atoms with E-state index in [0.717, 1.165) is 23.5 Å². The summed E-state index contributed by atoms with van der Waals surface area (Å²) in [6.07, 6.45) is 6.48. The van der Waals surface area contributed by atoms with E-state index >= 15 is 0 Å². The third-order valence-corrected chi connectivity index (χ3v) is 7.49. The van der Waals surface area contributed by atoms with Crippen molar-refractivity contribution >= 4 is 0 Å². The first-order valence-corrected chi connectivity index (χ1v) is 11.9. The maximum atomic E-state index is 6.64. The van der Waals surface area contributed by atoms with Gasteiger partial charge >= 0.3 is 0 Å². The van der Waals surface area contributed by atoms with Crippen LogP contribution in [0.1, 0.15) is 99.0 Å². The van der Waals surface area contributed by atoms with E-state index in [2.05, 4.69) is 79.7 Å². The summed E-state index contributed by atoms with van der Waals surface area (Å²) >= 11 is 0. The lowest BCUT2D eigenvalue weighted by atomic mass is 9.56. The van der Waals surface area contributed by atoms with Gasteiger partial charge in [-0.3, -0.25) is 0 Å². The first-order valence-electron chi connectivity index (χ1n) is 11.9. The van der Waals surface area contributed by atoms with Crippen LogP contribution < -0.4 is 4.74 Å². The fraction of sp³-hybridized carbons (Fsp3) is 0.778. The normalized spacial score (nSPS) is 32.1. The van der Waals surface area contributed by atoms with E-state index < -0.39 is 0 Å². The van der Waals surface area contributed by atoms with E-state index in [1.807, 2.05) is 0 Å². The van der Waals surface area contributed by atoms with Crippen LogP contribution in [-0.2, 0) is 4.74 Å². The molecule has 1 aromatic carbocycles. The number of hydrogen-bond donors (Lipinski definition) is 0. The van der Waals surface area contributed by atoms with Crippen LogP contribution in [0.15, 0.2) is 24.3 Å². The summed E-state index contributed by atoms with van der Waals surface area (Å²) in [5.74, 6) is 3.82. The highest BCUT2D eigenvalue weighted by Gasteiger charge is 2.51. The zero-order valence-electron chi connectivity index (χ0n) is 20.1. The van der Waals surface area contributed by atoms with Crippen molar-refractivity contribution in [2.24, 2.45) is 28.6 Å². The molecule has 0 radical (unpaired) electrons. The highest BCUT2D eigenvalue weighted by atomic mass is 16.7. The van der Waals surface area contributed by atoms with E-state index in [4.69, 9.17) is 9.47 Å². The second kappa shape index (κ2) is 8.61.